The number of ether oxygens (including phenoxy) is 2. The smallest absolute Gasteiger partial charge is 0.410 e. The van der Waals surface area contributed by atoms with Crippen molar-refractivity contribution >= 4 is 15.9 Å². The monoisotopic (exact) mass is 444 g/mol. The van der Waals surface area contributed by atoms with Gasteiger partial charge in [-0.2, -0.15) is 0 Å². The molecule has 31 heavy (non-hydrogen) atoms. The number of sulfone groups is 1. The van der Waals surface area contributed by atoms with Gasteiger partial charge in [-0.05, 0) is 49.4 Å². The van der Waals surface area contributed by atoms with Crippen LogP contribution < -0.4 is 4.74 Å². The van der Waals surface area contributed by atoms with Crippen LogP contribution in [0.5, 0.6) is 5.75 Å². The van der Waals surface area contributed by atoms with Crippen LogP contribution in [0, 0.1) is 17.3 Å². The van der Waals surface area contributed by atoms with Gasteiger partial charge in [-0.1, -0.05) is 19.1 Å². The van der Waals surface area contributed by atoms with Crippen LogP contribution in [0.2, 0.25) is 0 Å². The van der Waals surface area contributed by atoms with Crippen molar-refractivity contribution in [2.24, 2.45) is 17.3 Å². The maximum absolute atomic E-state index is 12.1. The Morgan fingerprint density at radius 2 is 1.94 bits per heavy atom. The molecule has 2 aromatic rings. The molecule has 1 aliphatic heterocycles. The van der Waals surface area contributed by atoms with Crippen LogP contribution in [0.4, 0.5) is 4.79 Å². The third-order valence-corrected chi connectivity index (χ3v) is 7.49. The average molecular weight is 445 g/mol. The van der Waals surface area contributed by atoms with Gasteiger partial charge in [0, 0.05) is 30.8 Å². The van der Waals surface area contributed by atoms with Gasteiger partial charge in [-0.25, -0.2) is 13.2 Å². The van der Waals surface area contributed by atoms with Gasteiger partial charge >= 0.3 is 6.09 Å². The quantitative estimate of drug-likeness (QED) is 0.676. The lowest BCUT2D eigenvalue weighted by atomic mass is 10.1. The highest BCUT2D eigenvalue weighted by molar-refractivity contribution is 7.90. The predicted octanol–water partition coefficient (Wildman–Crippen LogP) is 3.64. The molecule has 166 valence electrons. The lowest BCUT2D eigenvalue weighted by molar-refractivity contribution is 0.0753. The molecule has 1 aromatic heterocycles. The number of aromatic nitrogens is 1. The summed E-state index contributed by atoms with van der Waals surface area (Å²) in [5.41, 5.74) is 1.68. The summed E-state index contributed by atoms with van der Waals surface area (Å²) in [6.45, 7) is 7.94. The van der Waals surface area contributed by atoms with Crippen LogP contribution >= 0.6 is 0 Å². The first kappa shape index (κ1) is 21.6. The number of carbonyl (C=O) groups is 1. The van der Waals surface area contributed by atoms with Crippen molar-refractivity contribution in [3.8, 4) is 17.0 Å². The van der Waals surface area contributed by atoms with Gasteiger partial charge in [0.1, 0.15) is 5.75 Å². The predicted molar refractivity (Wildman–Crippen MR) is 117 cm³/mol. The zero-order chi connectivity index (χ0) is 22.4. The van der Waals surface area contributed by atoms with Crippen molar-refractivity contribution in [3.63, 3.8) is 0 Å². The zero-order valence-electron chi connectivity index (χ0n) is 18.2. The number of fused-ring (bicyclic) bond motifs is 1. The standard InChI is InChI=1S/C23H28N2O5S/c1-15(2)30-22(26)25-12-19-20(23(19,3)14-25)13-29-17-7-10-21(24-11-17)16-5-8-18(9-6-16)31(4,27)28/h5-11,15,19-20H,12-14H2,1-4H3/t19?,20-,23-/m1/s1. The molecule has 8 heteroatoms. The van der Waals surface area contributed by atoms with Gasteiger partial charge < -0.3 is 14.4 Å². The number of hydrogen-bond donors (Lipinski definition) is 0. The molecule has 3 atom stereocenters. The molecular weight excluding hydrogens is 416 g/mol. The summed E-state index contributed by atoms with van der Waals surface area (Å²) in [5, 5.41) is 0. The Labute approximate surface area is 183 Å². The lowest BCUT2D eigenvalue weighted by Crippen LogP contribution is -2.35. The van der Waals surface area contributed by atoms with E-state index >= 15 is 0 Å². The first-order valence-electron chi connectivity index (χ1n) is 10.4. The lowest BCUT2D eigenvalue weighted by Gasteiger charge is -2.23. The second-order valence-electron chi connectivity index (χ2n) is 9.02. The van der Waals surface area contributed by atoms with Gasteiger partial charge in [-0.3, -0.25) is 4.98 Å². The topological polar surface area (TPSA) is 85.8 Å². The Morgan fingerprint density at radius 3 is 2.45 bits per heavy atom. The number of piperidine rings is 1. The van der Waals surface area contributed by atoms with Crippen LogP contribution in [-0.2, 0) is 14.6 Å². The van der Waals surface area contributed by atoms with Crippen molar-refractivity contribution in [3.05, 3.63) is 42.6 Å². The molecule has 1 amide bonds. The fourth-order valence-electron chi connectivity index (χ4n) is 4.46. The van der Waals surface area contributed by atoms with Crippen molar-refractivity contribution in [1.82, 2.24) is 9.88 Å². The Hall–Kier alpha value is -2.61. The summed E-state index contributed by atoms with van der Waals surface area (Å²) in [6, 6.07) is 10.4. The van der Waals surface area contributed by atoms with Crippen molar-refractivity contribution in [1.29, 1.82) is 0 Å². The maximum atomic E-state index is 12.1. The fraction of sp³-hybridized carbons (Fsp3) is 0.478. The van der Waals surface area contributed by atoms with E-state index in [1.807, 2.05) is 26.0 Å². The van der Waals surface area contributed by atoms with Crippen LogP contribution in [0.3, 0.4) is 0 Å². The molecule has 1 unspecified atom stereocenters. The molecular formula is C23H28N2O5S. The Morgan fingerprint density at radius 1 is 1.23 bits per heavy atom. The first-order valence-corrected chi connectivity index (χ1v) is 12.3. The summed E-state index contributed by atoms with van der Waals surface area (Å²) in [6.07, 6.45) is 2.54. The van der Waals surface area contributed by atoms with Crippen LogP contribution in [0.1, 0.15) is 20.8 Å². The molecule has 0 spiro atoms. The summed E-state index contributed by atoms with van der Waals surface area (Å²) < 4.78 is 34.4. The van der Waals surface area contributed by atoms with E-state index in [9.17, 15) is 13.2 Å². The van der Waals surface area contributed by atoms with Crippen LogP contribution in [-0.4, -0.2) is 56.5 Å². The van der Waals surface area contributed by atoms with Crippen LogP contribution in [0.25, 0.3) is 11.3 Å². The second-order valence-corrected chi connectivity index (χ2v) is 11.0. The van der Waals surface area contributed by atoms with Gasteiger partial charge in [0.25, 0.3) is 0 Å². The third-order valence-electron chi connectivity index (χ3n) is 6.36. The van der Waals surface area contributed by atoms with E-state index in [0.717, 1.165) is 17.8 Å². The second kappa shape index (κ2) is 7.82. The van der Waals surface area contributed by atoms with Gasteiger partial charge in [0.05, 0.1) is 29.5 Å². The highest BCUT2D eigenvalue weighted by atomic mass is 32.2. The minimum Gasteiger partial charge on any atom is -0.492 e. The summed E-state index contributed by atoms with van der Waals surface area (Å²) in [5.74, 6) is 1.55. The van der Waals surface area contributed by atoms with E-state index < -0.39 is 9.84 Å². The molecule has 0 N–H and O–H groups in total. The summed E-state index contributed by atoms with van der Waals surface area (Å²) in [4.78, 5) is 18.6. The maximum Gasteiger partial charge on any atom is 0.410 e. The average Bonchev–Trinajstić information content (AvgIpc) is 3.07. The van der Waals surface area contributed by atoms with Crippen molar-refractivity contribution in [2.75, 3.05) is 26.0 Å². The van der Waals surface area contributed by atoms with E-state index in [2.05, 4.69) is 11.9 Å². The number of amides is 1. The van der Waals surface area contributed by atoms with Gasteiger partial charge in [-0.15, -0.1) is 0 Å². The van der Waals surface area contributed by atoms with E-state index in [-0.39, 0.29) is 22.5 Å². The number of rotatable bonds is 6. The van der Waals surface area contributed by atoms with Crippen LogP contribution in [0.15, 0.2) is 47.5 Å². The number of benzene rings is 1. The largest absolute Gasteiger partial charge is 0.492 e. The van der Waals surface area contributed by atoms with Crippen molar-refractivity contribution in [2.45, 2.75) is 31.8 Å². The van der Waals surface area contributed by atoms with E-state index in [1.54, 1.807) is 35.4 Å². The Kier molecular flexibility index (Phi) is 5.45. The normalized spacial score (nSPS) is 24.7. The SMILES string of the molecule is CC(C)OC(=O)N1CC2[C@@H](COc3ccc(-c4ccc(S(C)(=O)=O)cc4)nc3)[C@]2(C)C1. The molecule has 0 bridgehead atoms. The molecule has 2 aliphatic rings. The Balaban J connectivity index is 1.31. The van der Waals surface area contributed by atoms with Gasteiger partial charge in [0.15, 0.2) is 9.84 Å². The molecule has 1 saturated heterocycles. The summed E-state index contributed by atoms with van der Waals surface area (Å²) >= 11 is 0. The number of carbonyl (C=O) groups excluding carboxylic acids is 1. The molecule has 1 aliphatic carbocycles. The van der Waals surface area contributed by atoms with E-state index in [4.69, 9.17) is 9.47 Å². The highest BCUT2D eigenvalue weighted by Gasteiger charge is 2.66. The highest BCUT2D eigenvalue weighted by Crippen LogP contribution is 2.62. The minimum absolute atomic E-state index is 0.0880. The van der Waals surface area contributed by atoms with Crippen molar-refractivity contribution < 1.29 is 22.7 Å². The number of hydrogen-bond acceptors (Lipinski definition) is 6. The van der Waals surface area contributed by atoms with Gasteiger partial charge in [0.2, 0.25) is 0 Å². The Bertz CT molecular complexity index is 1070. The molecule has 2 heterocycles. The molecule has 2 fully saturated rings. The first-order chi connectivity index (χ1) is 14.6. The van der Waals surface area contributed by atoms with E-state index in [1.165, 1.54) is 6.26 Å². The molecule has 4 rings (SSSR count). The van der Waals surface area contributed by atoms with E-state index in [0.29, 0.717) is 30.7 Å². The number of pyridine rings is 1. The fourth-order valence-corrected chi connectivity index (χ4v) is 5.10. The zero-order valence-corrected chi connectivity index (χ0v) is 19.1. The summed E-state index contributed by atoms with van der Waals surface area (Å²) in [7, 11) is -3.21. The number of nitrogens with zero attached hydrogens (tertiary/aromatic N) is 2. The number of likely N-dealkylation sites (tertiary alicyclic amines) is 1. The third kappa shape index (κ3) is 4.39. The minimum atomic E-state index is -3.21. The molecule has 0 radical (unpaired) electrons. The molecule has 1 aromatic carbocycles. The molecule has 1 saturated carbocycles. The molecule has 7 nitrogen and oxygen atoms in total.